The van der Waals surface area contributed by atoms with Crippen molar-refractivity contribution in [3.8, 4) is 0 Å². The monoisotopic (exact) mass is 171 g/mol. The summed E-state index contributed by atoms with van der Waals surface area (Å²) in [6.07, 6.45) is 2.67. The maximum atomic E-state index is 11.0. The van der Waals surface area contributed by atoms with Crippen molar-refractivity contribution in [2.24, 2.45) is 5.92 Å². The van der Waals surface area contributed by atoms with Crippen LogP contribution in [0.3, 0.4) is 0 Å². The highest BCUT2D eigenvalue weighted by Crippen LogP contribution is 2.25. The summed E-state index contributed by atoms with van der Waals surface area (Å²) in [7, 11) is 0. The van der Waals surface area contributed by atoms with Crippen molar-refractivity contribution in [2.45, 2.75) is 38.6 Å². The van der Waals surface area contributed by atoms with Crippen molar-refractivity contribution in [1.29, 1.82) is 0 Å². The quantitative estimate of drug-likeness (QED) is 0.466. The van der Waals surface area contributed by atoms with Crippen molar-refractivity contribution < 1.29 is 9.72 Å². The van der Waals surface area contributed by atoms with Gasteiger partial charge in [0.05, 0.1) is 0 Å². The van der Waals surface area contributed by atoms with E-state index in [4.69, 9.17) is 0 Å². The number of rotatable bonds is 2. The van der Waals surface area contributed by atoms with Gasteiger partial charge in [-0.25, -0.2) is 0 Å². The molecule has 1 aliphatic carbocycles. The minimum absolute atomic E-state index is 0.0266. The Labute approximate surface area is 71.1 Å². The molecule has 0 aromatic carbocycles. The van der Waals surface area contributed by atoms with E-state index in [1.54, 1.807) is 6.92 Å². The Morgan fingerprint density at radius 3 is 2.83 bits per heavy atom. The number of nitrogens with zero attached hydrogens (tertiary/aromatic N) is 1. The van der Waals surface area contributed by atoms with Gasteiger partial charge in [-0.05, 0) is 12.8 Å². The van der Waals surface area contributed by atoms with E-state index in [1.165, 1.54) is 0 Å². The van der Waals surface area contributed by atoms with E-state index in [-0.39, 0.29) is 16.6 Å². The normalized spacial score (nSPS) is 26.8. The number of hydrogen-bond acceptors (Lipinski definition) is 3. The molecule has 4 heteroatoms. The number of nitro groups is 1. The second kappa shape index (κ2) is 3.65. The molecule has 1 rings (SSSR count). The third-order valence-electron chi connectivity index (χ3n) is 2.54. The summed E-state index contributed by atoms with van der Waals surface area (Å²) in [6.45, 7) is 1.59. The van der Waals surface area contributed by atoms with Gasteiger partial charge in [0.2, 0.25) is 6.04 Å². The first-order chi connectivity index (χ1) is 5.61. The van der Waals surface area contributed by atoms with Gasteiger partial charge < -0.3 is 0 Å². The lowest BCUT2D eigenvalue weighted by Crippen LogP contribution is -2.30. The van der Waals surface area contributed by atoms with Gasteiger partial charge in [0.15, 0.2) is 0 Å². The number of carbonyl (C=O) groups is 1. The summed E-state index contributed by atoms with van der Waals surface area (Å²) in [6, 6.07) is -0.561. The van der Waals surface area contributed by atoms with Gasteiger partial charge in [0, 0.05) is 30.6 Å². The van der Waals surface area contributed by atoms with Gasteiger partial charge in [0.25, 0.3) is 0 Å². The standard InChI is InChI=1S/C8H13NO3/c1-6(9(11)12)7-3-2-4-8(10)5-7/h6-7H,2-5H2,1H3/t6?,7-/m1/s1. The minimum atomic E-state index is -0.561. The summed E-state index contributed by atoms with van der Waals surface area (Å²) in [5.74, 6) is 0.154. The zero-order chi connectivity index (χ0) is 9.14. The van der Waals surface area contributed by atoms with Crippen LogP contribution in [0, 0.1) is 16.0 Å². The van der Waals surface area contributed by atoms with Crippen LogP contribution in [0.2, 0.25) is 0 Å². The molecule has 0 aliphatic heterocycles. The minimum Gasteiger partial charge on any atom is -0.300 e. The van der Waals surface area contributed by atoms with Crippen LogP contribution in [0.15, 0.2) is 0 Å². The molecule has 0 saturated heterocycles. The average Bonchev–Trinajstić information content (AvgIpc) is 2.03. The van der Waals surface area contributed by atoms with Gasteiger partial charge in [-0.15, -0.1) is 0 Å². The maximum Gasteiger partial charge on any atom is 0.213 e. The molecule has 0 bridgehead atoms. The molecule has 0 amide bonds. The highest BCUT2D eigenvalue weighted by atomic mass is 16.6. The Bertz CT molecular complexity index is 200. The fourth-order valence-electron chi connectivity index (χ4n) is 1.64. The SMILES string of the molecule is CC([C@@H]1CCCC(=O)C1)[N+](=O)[O-]. The van der Waals surface area contributed by atoms with Crippen molar-refractivity contribution in [2.75, 3.05) is 0 Å². The van der Waals surface area contributed by atoms with Gasteiger partial charge in [0.1, 0.15) is 5.78 Å². The highest BCUT2D eigenvalue weighted by molar-refractivity contribution is 5.79. The molecule has 1 fully saturated rings. The van der Waals surface area contributed by atoms with E-state index < -0.39 is 6.04 Å². The second-order valence-corrected chi connectivity index (χ2v) is 3.42. The van der Waals surface area contributed by atoms with Crippen molar-refractivity contribution in [1.82, 2.24) is 0 Å². The first-order valence-electron chi connectivity index (χ1n) is 4.26. The van der Waals surface area contributed by atoms with Crippen molar-refractivity contribution >= 4 is 5.78 Å². The van der Waals surface area contributed by atoms with Gasteiger partial charge in [-0.2, -0.15) is 0 Å². The van der Waals surface area contributed by atoms with Crippen LogP contribution in [0.25, 0.3) is 0 Å². The van der Waals surface area contributed by atoms with Crippen molar-refractivity contribution in [3.63, 3.8) is 0 Å². The molecular formula is C8H13NO3. The Hall–Kier alpha value is -0.930. The smallest absolute Gasteiger partial charge is 0.213 e. The lowest BCUT2D eigenvalue weighted by atomic mass is 9.84. The van der Waals surface area contributed by atoms with Crippen LogP contribution >= 0.6 is 0 Å². The second-order valence-electron chi connectivity index (χ2n) is 3.42. The molecule has 12 heavy (non-hydrogen) atoms. The lowest BCUT2D eigenvalue weighted by molar-refractivity contribution is -0.528. The molecule has 1 aliphatic rings. The zero-order valence-electron chi connectivity index (χ0n) is 7.16. The summed E-state index contributed by atoms with van der Waals surface area (Å²) in [4.78, 5) is 21.1. The van der Waals surface area contributed by atoms with E-state index in [2.05, 4.69) is 0 Å². The Morgan fingerprint density at radius 2 is 2.33 bits per heavy atom. The molecule has 0 aromatic heterocycles. The molecule has 4 nitrogen and oxygen atoms in total. The molecule has 0 aromatic rings. The molecule has 0 N–H and O–H groups in total. The van der Waals surface area contributed by atoms with Gasteiger partial charge in [-0.3, -0.25) is 14.9 Å². The Balaban J connectivity index is 2.51. The van der Waals surface area contributed by atoms with Crippen LogP contribution < -0.4 is 0 Å². The van der Waals surface area contributed by atoms with E-state index in [0.717, 1.165) is 12.8 Å². The topological polar surface area (TPSA) is 60.2 Å². The fourth-order valence-corrected chi connectivity index (χ4v) is 1.64. The average molecular weight is 171 g/mol. The largest absolute Gasteiger partial charge is 0.300 e. The van der Waals surface area contributed by atoms with Crippen LogP contribution in [0.4, 0.5) is 0 Å². The summed E-state index contributed by atoms with van der Waals surface area (Å²) < 4.78 is 0. The van der Waals surface area contributed by atoms with Gasteiger partial charge >= 0.3 is 0 Å². The lowest BCUT2D eigenvalue weighted by Gasteiger charge is -2.21. The molecule has 1 unspecified atom stereocenters. The predicted octanol–water partition coefficient (Wildman–Crippen LogP) is 1.41. The number of ketones is 1. The summed E-state index contributed by atoms with van der Waals surface area (Å²) in [5.41, 5.74) is 0. The summed E-state index contributed by atoms with van der Waals surface area (Å²) >= 11 is 0. The Kier molecular flexibility index (Phi) is 2.78. The first-order valence-corrected chi connectivity index (χ1v) is 4.26. The first kappa shape index (κ1) is 9.16. The molecule has 68 valence electrons. The molecule has 0 radical (unpaired) electrons. The highest BCUT2D eigenvalue weighted by Gasteiger charge is 2.30. The third-order valence-corrected chi connectivity index (χ3v) is 2.54. The van der Waals surface area contributed by atoms with Crippen molar-refractivity contribution in [3.05, 3.63) is 10.1 Å². The molecule has 2 atom stereocenters. The number of Topliss-reactive ketones (excluding diaryl/α,β-unsaturated/α-hetero) is 1. The number of carbonyl (C=O) groups excluding carboxylic acids is 1. The van der Waals surface area contributed by atoms with Crippen LogP contribution in [-0.2, 0) is 4.79 Å². The molecular weight excluding hydrogens is 158 g/mol. The van der Waals surface area contributed by atoms with E-state index in [1.807, 2.05) is 0 Å². The molecule has 0 heterocycles. The van der Waals surface area contributed by atoms with E-state index in [9.17, 15) is 14.9 Å². The molecule has 0 spiro atoms. The third kappa shape index (κ3) is 2.03. The summed E-state index contributed by atoms with van der Waals surface area (Å²) in [5, 5.41) is 10.4. The van der Waals surface area contributed by atoms with Crippen LogP contribution in [0.1, 0.15) is 32.6 Å². The fraction of sp³-hybridized carbons (Fsp3) is 0.875. The maximum absolute atomic E-state index is 11.0. The molecule has 1 saturated carbocycles. The Morgan fingerprint density at radius 1 is 1.67 bits per heavy atom. The van der Waals surface area contributed by atoms with E-state index >= 15 is 0 Å². The van der Waals surface area contributed by atoms with E-state index in [0.29, 0.717) is 12.8 Å². The van der Waals surface area contributed by atoms with Crippen LogP contribution in [-0.4, -0.2) is 16.7 Å². The van der Waals surface area contributed by atoms with Crippen LogP contribution in [0.5, 0.6) is 0 Å². The number of hydrogen-bond donors (Lipinski definition) is 0. The van der Waals surface area contributed by atoms with Gasteiger partial charge in [-0.1, -0.05) is 0 Å². The predicted molar refractivity (Wildman–Crippen MR) is 43.4 cm³/mol. The zero-order valence-corrected chi connectivity index (χ0v) is 7.16.